The van der Waals surface area contributed by atoms with E-state index in [0.29, 0.717) is 61.4 Å². The van der Waals surface area contributed by atoms with Crippen molar-refractivity contribution in [3.05, 3.63) is 47.5 Å². The number of hydrazone groups is 1. The molecule has 44 heavy (non-hydrogen) atoms. The number of nitrogens with zero attached hydrogens (tertiary/aromatic N) is 4. The Balaban J connectivity index is 1.45. The van der Waals surface area contributed by atoms with Crippen LogP contribution in [0.4, 0.5) is 0 Å². The van der Waals surface area contributed by atoms with Crippen LogP contribution in [0, 0.1) is 5.92 Å². The van der Waals surface area contributed by atoms with E-state index in [1.54, 1.807) is 39.4 Å². The van der Waals surface area contributed by atoms with Crippen molar-refractivity contribution >= 4 is 17.5 Å². The molecule has 2 heterocycles. The first-order chi connectivity index (χ1) is 21.4. The zero-order chi connectivity index (χ0) is 31.1. The van der Waals surface area contributed by atoms with Gasteiger partial charge in [-0.15, -0.1) is 0 Å². The predicted octanol–water partition coefficient (Wildman–Crippen LogP) is 3.75. The van der Waals surface area contributed by atoms with Crippen LogP contribution >= 0.6 is 0 Å². The molecule has 11 heteroatoms. The Hall–Kier alpha value is -3.83. The number of carbonyl (C=O) groups is 2. The Morgan fingerprint density at radius 1 is 0.909 bits per heavy atom. The standard InChI is InChI=1S/C33H44N4O7/c1-40-25-10-11-26(30(20-25)42-3)27-21-28(24-9-12-29(41-2)31(19-24)43-4)37(34-27)32(38)22-36(33(39)23-7-5-6-8-23)14-13-35-15-17-44-18-16-35/h9-12,19-20,23,28H,5-8,13-18,21-22H2,1-4H3. The molecule has 1 unspecified atom stereocenters. The molecule has 0 bridgehead atoms. The van der Waals surface area contributed by atoms with Crippen LogP contribution < -0.4 is 18.9 Å². The molecule has 1 aliphatic carbocycles. The molecule has 1 atom stereocenters. The van der Waals surface area contributed by atoms with Crippen LogP contribution in [-0.2, 0) is 14.3 Å². The highest BCUT2D eigenvalue weighted by atomic mass is 16.5. The summed E-state index contributed by atoms with van der Waals surface area (Å²) >= 11 is 0. The molecule has 11 nitrogen and oxygen atoms in total. The molecule has 0 spiro atoms. The monoisotopic (exact) mass is 608 g/mol. The Labute approximate surface area is 259 Å². The van der Waals surface area contributed by atoms with Crippen LogP contribution in [0.3, 0.4) is 0 Å². The van der Waals surface area contributed by atoms with Gasteiger partial charge in [0.05, 0.1) is 53.4 Å². The molecule has 5 rings (SSSR count). The van der Waals surface area contributed by atoms with Crippen LogP contribution in [-0.4, -0.2) is 107 Å². The van der Waals surface area contributed by atoms with Crippen LogP contribution in [0.5, 0.6) is 23.0 Å². The molecule has 0 aromatic heterocycles. The second kappa shape index (κ2) is 14.8. The zero-order valence-corrected chi connectivity index (χ0v) is 26.3. The molecule has 0 N–H and O–H groups in total. The Bertz CT molecular complexity index is 1340. The molecular formula is C33H44N4O7. The molecule has 1 saturated heterocycles. The highest BCUT2D eigenvalue weighted by molar-refractivity contribution is 6.05. The minimum atomic E-state index is -0.410. The van der Waals surface area contributed by atoms with Crippen LogP contribution in [0.15, 0.2) is 41.5 Å². The van der Waals surface area contributed by atoms with Crippen molar-refractivity contribution in [2.24, 2.45) is 11.0 Å². The normalized spacial score (nSPS) is 19.0. The first-order valence-electron chi connectivity index (χ1n) is 15.4. The largest absolute Gasteiger partial charge is 0.497 e. The lowest BCUT2D eigenvalue weighted by Gasteiger charge is -2.32. The molecule has 1 saturated carbocycles. The number of benzene rings is 2. The van der Waals surface area contributed by atoms with Crippen LogP contribution in [0.2, 0.25) is 0 Å². The molecule has 2 aromatic rings. The third-order valence-electron chi connectivity index (χ3n) is 8.81. The minimum absolute atomic E-state index is 0.0321. The van der Waals surface area contributed by atoms with E-state index in [9.17, 15) is 9.59 Å². The lowest BCUT2D eigenvalue weighted by Crippen LogP contribution is -2.47. The first kappa shape index (κ1) is 31.6. The second-order valence-corrected chi connectivity index (χ2v) is 11.4. The minimum Gasteiger partial charge on any atom is -0.497 e. The van der Waals surface area contributed by atoms with E-state index in [1.807, 2.05) is 30.3 Å². The van der Waals surface area contributed by atoms with Crippen LogP contribution in [0.25, 0.3) is 0 Å². The highest BCUT2D eigenvalue weighted by Gasteiger charge is 2.37. The molecule has 2 fully saturated rings. The van der Waals surface area contributed by atoms with E-state index in [0.717, 1.165) is 49.9 Å². The summed E-state index contributed by atoms with van der Waals surface area (Å²) < 4.78 is 27.6. The fourth-order valence-corrected chi connectivity index (χ4v) is 6.28. The molecule has 238 valence electrons. The summed E-state index contributed by atoms with van der Waals surface area (Å²) in [7, 11) is 6.38. The van der Waals surface area contributed by atoms with Crippen molar-refractivity contribution in [1.82, 2.24) is 14.8 Å². The van der Waals surface area contributed by atoms with Gasteiger partial charge in [-0.1, -0.05) is 18.9 Å². The van der Waals surface area contributed by atoms with E-state index >= 15 is 0 Å². The van der Waals surface area contributed by atoms with E-state index < -0.39 is 6.04 Å². The summed E-state index contributed by atoms with van der Waals surface area (Å²) in [5.41, 5.74) is 2.34. The molecule has 0 radical (unpaired) electrons. The first-order valence-corrected chi connectivity index (χ1v) is 15.4. The summed E-state index contributed by atoms with van der Waals surface area (Å²) in [5, 5.41) is 6.41. The average Bonchev–Trinajstić information content (AvgIpc) is 3.77. The third-order valence-corrected chi connectivity index (χ3v) is 8.81. The smallest absolute Gasteiger partial charge is 0.262 e. The van der Waals surface area contributed by atoms with E-state index in [2.05, 4.69) is 4.90 Å². The maximum atomic E-state index is 14.2. The van der Waals surface area contributed by atoms with Gasteiger partial charge in [0, 0.05) is 50.1 Å². The lowest BCUT2D eigenvalue weighted by molar-refractivity contribution is -0.144. The number of methoxy groups -OCH3 is 4. The Morgan fingerprint density at radius 2 is 1.64 bits per heavy atom. The highest BCUT2D eigenvalue weighted by Crippen LogP contribution is 2.39. The fraction of sp³-hybridized carbons (Fsp3) is 0.545. The number of ether oxygens (including phenoxy) is 5. The number of hydrogen-bond acceptors (Lipinski definition) is 9. The van der Waals surface area contributed by atoms with Crippen molar-refractivity contribution in [1.29, 1.82) is 0 Å². The maximum Gasteiger partial charge on any atom is 0.262 e. The zero-order valence-electron chi connectivity index (χ0n) is 26.3. The fourth-order valence-electron chi connectivity index (χ4n) is 6.28. The van der Waals surface area contributed by atoms with Gasteiger partial charge in [0.1, 0.15) is 18.0 Å². The van der Waals surface area contributed by atoms with Gasteiger partial charge in [0.2, 0.25) is 5.91 Å². The number of hydrogen-bond donors (Lipinski definition) is 0. The second-order valence-electron chi connectivity index (χ2n) is 11.4. The molecule has 3 aliphatic rings. The lowest BCUT2D eigenvalue weighted by atomic mass is 9.97. The Kier molecular flexibility index (Phi) is 10.6. The van der Waals surface area contributed by atoms with Gasteiger partial charge < -0.3 is 28.6 Å². The summed E-state index contributed by atoms with van der Waals surface area (Å²) in [6.45, 7) is 4.16. The average molecular weight is 609 g/mol. The SMILES string of the molecule is COc1ccc(C2=NN(C(=O)CN(CCN3CCOCC3)C(=O)C3CCCC3)C(c3ccc(OC)c(OC)c3)C2)c(OC)c1. The summed E-state index contributed by atoms with van der Waals surface area (Å²) in [5.74, 6) is 2.22. The van der Waals surface area contributed by atoms with Gasteiger partial charge in [-0.2, -0.15) is 5.10 Å². The number of carbonyl (C=O) groups excluding carboxylic acids is 2. The van der Waals surface area contributed by atoms with E-state index in [4.69, 9.17) is 28.8 Å². The summed E-state index contributed by atoms with van der Waals surface area (Å²) in [4.78, 5) is 32.0. The number of rotatable bonds is 12. The topological polar surface area (TPSA) is 102 Å². The van der Waals surface area contributed by atoms with Gasteiger partial charge >= 0.3 is 0 Å². The van der Waals surface area contributed by atoms with Crippen molar-refractivity contribution in [2.45, 2.75) is 38.1 Å². The third kappa shape index (κ3) is 7.10. The number of morpholine rings is 1. The van der Waals surface area contributed by atoms with Crippen molar-refractivity contribution < 1.29 is 33.3 Å². The molecule has 2 amide bonds. The predicted molar refractivity (Wildman–Crippen MR) is 166 cm³/mol. The maximum absolute atomic E-state index is 14.2. The van der Waals surface area contributed by atoms with Gasteiger partial charge in [0.15, 0.2) is 11.5 Å². The molecule has 2 aromatic carbocycles. The van der Waals surface area contributed by atoms with Crippen molar-refractivity contribution in [3.63, 3.8) is 0 Å². The van der Waals surface area contributed by atoms with Gasteiger partial charge in [-0.3, -0.25) is 14.5 Å². The van der Waals surface area contributed by atoms with Gasteiger partial charge in [-0.25, -0.2) is 5.01 Å². The summed E-state index contributed by atoms with van der Waals surface area (Å²) in [6, 6.07) is 10.8. The number of amides is 2. The van der Waals surface area contributed by atoms with E-state index in [1.165, 1.54) is 5.01 Å². The van der Waals surface area contributed by atoms with Crippen molar-refractivity contribution in [3.8, 4) is 23.0 Å². The van der Waals surface area contributed by atoms with Gasteiger partial charge in [0.25, 0.3) is 5.91 Å². The van der Waals surface area contributed by atoms with Crippen molar-refractivity contribution in [2.75, 3.05) is 74.4 Å². The molecular weight excluding hydrogens is 564 g/mol. The Morgan fingerprint density at radius 3 is 2.32 bits per heavy atom. The summed E-state index contributed by atoms with van der Waals surface area (Å²) in [6.07, 6.45) is 4.30. The van der Waals surface area contributed by atoms with E-state index in [-0.39, 0.29) is 24.3 Å². The quantitative estimate of drug-likeness (QED) is 0.359. The molecule has 2 aliphatic heterocycles. The van der Waals surface area contributed by atoms with Crippen LogP contribution in [0.1, 0.15) is 49.3 Å². The van der Waals surface area contributed by atoms with Gasteiger partial charge in [-0.05, 0) is 42.7 Å².